The van der Waals surface area contributed by atoms with Gasteiger partial charge in [-0.2, -0.15) is 0 Å². The molecule has 0 aromatic carbocycles. The number of ether oxygens (including phenoxy) is 4. The van der Waals surface area contributed by atoms with Crippen LogP contribution in [0.15, 0.2) is 0 Å². The summed E-state index contributed by atoms with van der Waals surface area (Å²) in [7, 11) is 0. The summed E-state index contributed by atoms with van der Waals surface area (Å²) in [6.45, 7) is 4.19. The van der Waals surface area contributed by atoms with E-state index in [1.54, 1.807) is 0 Å². The van der Waals surface area contributed by atoms with E-state index >= 15 is 0 Å². The number of carbonyl (C=O) groups is 2. The van der Waals surface area contributed by atoms with Crippen LogP contribution in [-0.2, 0) is 28.5 Å². The minimum Gasteiger partial charge on any atom is -0.457 e. The van der Waals surface area contributed by atoms with Crippen molar-refractivity contribution in [1.82, 2.24) is 0 Å². The lowest BCUT2D eigenvalue weighted by atomic mass is 9.98. The van der Waals surface area contributed by atoms with Crippen LogP contribution in [0.25, 0.3) is 0 Å². The van der Waals surface area contributed by atoms with Crippen LogP contribution >= 0.6 is 0 Å². The second-order valence-electron chi connectivity index (χ2n) is 5.09. The zero-order valence-electron chi connectivity index (χ0n) is 13.1. The number of esters is 2. The second-order valence-corrected chi connectivity index (χ2v) is 5.09. The molecule has 0 aromatic rings. The van der Waals surface area contributed by atoms with E-state index in [0.717, 1.165) is 12.8 Å². The first-order chi connectivity index (χ1) is 10.4. The lowest BCUT2D eigenvalue weighted by molar-refractivity contribution is -0.302. The second kappa shape index (κ2) is 9.04. The van der Waals surface area contributed by atoms with E-state index in [-0.39, 0.29) is 0 Å². The molecule has 128 valence electrons. The van der Waals surface area contributed by atoms with Crippen LogP contribution in [0.4, 0.5) is 0 Å². The number of aliphatic hydroxyl groups excluding tert-OH is 2. The minimum absolute atomic E-state index is 0.330. The molecule has 2 N–H and O–H groups in total. The van der Waals surface area contributed by atoms with Gasteiger partial charge in [-0.15, -0.1) is 0 Å². The Labute approximate surface area is 129 Å². The van der Waals surface area contributed by atoms with Gasteiger partial charge in [0, 0.05) is 20.5 Å². The van der Waals surface area contributed by atoms with Gasteiger partial charge in [-0.05, 0) is 6.42 Å². The van der Waals surface area contributed by atoms with Gasteiger partial charge in [-0.3, -0.25) is 9.59 Å². The van der Waals surface area contributed by atoms with Crippen LogP contribution in [-0.4, -0.2) is 66.1 Å². The summed E-state index contributed by atoms with van der Waals surface area (Å²) in [5.41, 5.74) is 0. The number of rotatable bonds is 7. The van der Waals surface area contributed by atoms with Gasteiger partial charge in [-0.25, -0.2) is 0 Å². The summed E-state index contributed by atoms with van der Waals surface area (Å²) in [5.74, 6) is -1.22. The molecule has 8 nitrogen and oxygen atoms in total. The zero-order chi connectivity index (χ0) is 16.7. The summed E-state index contributed by atoms with van der Waals surface area (Å²) >= 11 is 0. The van der Waals surface area contributed by atoms with E-state index in [1.807, 2.05) is 6.92 Å². The Morgan fingerprint density at radius 2 is 1.77 bits per heavy atom. The first-order valence-corrected chi connectivity index (χ1v) is 7.31. The molecule has 1 aliphatic rings. The Morgan fingerprint density at radius 1 is 1.14 bits per heavy atom. The van der Waals surface area contributed by atoms with E-state index in [1.165, 1.54) is 13.8 Å². The molecule has 22 heavy (non-hydrogen) atoms. The molecule has 1 rings (SSSR count). The number of unbranched alkanes of at least 4 members (excludes halogenated alkanes) is 1. The molecule has 1 saturated heterocycles. The fourth-order valence-corrected chi connectivity index (χ4v) is 2.17. The van der Waals surface area contributed by atoms with Gasteiger partial charge in [0.2, 0.25) is 6.29 Å². The van der Waals surface area contributed by atoms with Crippen molar-refractivity contribution >= 4 is 11.9 Å². The largest absolute Gasteiger partial charge is 0.457 e. The standard InChI is InChI=1S/C14H24O8/c1-4-5-6-19-13-12(20-8(2)16)11(18)10(7-15)22-14(13)21-9(3)17/h10-15,18H,4-7H2,1-3H3/t10-,11-,12+,13+,14+/m1/s1. The van der Waals surface area contributed by atoms with Crippen molar-refractivity contribution in [2.75, 3.05) is 13.2 Å². The van der Waals surface area contributed by atoms with Crippen molar-refractivity contribution in [2.45, 2.75) is 64.3 Å². The molecule has 1 aliphatic heterocycles. The third-order valence-electron chi connectivity index (χ3n) is 3.19. The Balaban J connectivity index is 2.94. The van der Waals surface area contributed by atoms with E-state index in [4.69, 9.17) is 18.9 Å². The van der Waals surface area contributed by atoms with Crippen LogP contribution < -0.4 is 0 Å². The molecular weight excluding hydrogens is 296 g/mol. The molecule has 0 aliphatic carbocycles. The van der Waals surface area contributed by atoms with Crippen molar-refractivity contribution in [1.29, 1.82) is 0 Å². The molecule has 0 saturated carbocycles. The van der Waals surface area contributed by atoms with Crippen LogP contribution in [0.2, 0.25) is 0 Å². The third-order valence-corrected chi connectivity index (χ3v) is 3.19. The maximum atomic E-state index is 11.3. The Kier molecular flexibility index (Phi) is 7.74. The van der Waals surface area contributed by atoms with Crippen molar-refractivity contribution in [3.63, 3.8) is 0 Å². The van der Waals surface area contributed by atoms with Gasteiger partial charge < -0.3 is 29.2 Å². The molecule has 5 atom stereocenters. The van der Waals surface area contributed by atoms with Gasteiger partial charge in [0.15, 0.2) is 12.2 Å². The van der Waals surface area contributed by atoms with E-state index < -0.39 is 49.3 Å². The van der Waals surface area contributed by atoms with E-state index in [0.29, 0.717) is 6.61 Å². The Morgan fingerprint density at radius 3 is 2.27 bits per heavy atom. The van der Waals surface area contributed by atoms with E-state index in [2.05, 4.69) is 0 Å². The Bertz CT molecular complexity index is 372. The van der Waals surface area contributed by atoms with Gasteiger partial charge in [0.25, 0.3) is 0 Å². The van der Waals surface area contributed by atoms with Crippen LogP contribution in [0.3, 0.4) is 0 Å². The highest BCUT2D eigenvalue weighted by molar-refractivity contribution is 5.67. The van der Waals surface area contributed by atoms with Gasteiger partial charge in [0.05, 0.1) is 6.61 Å². The number of carbonyl (C=O) groups excluding carboxylic acids is 2. The zero-order valence-corrected chi connectivity index (χ0v) is 13.1. The first-order valence-electron chi connectivity index (χ1n) is 7.31. The highest BCUT2D eigenvalue weighted by Gasteiger charge is 2.49. The maximum Gasteiger partial charge on any atom is 0.305 e. The molecule has 0 amide bonds. The summed E-state index contributed by atoms with van der Waals surface area (Å²) < 4.78 is 21.1. The minimum atomic E-state index is -1.28. The quantitative estimate of drug-likeness (QED) is 0.488. The fourth-order valence-electron chi connectivity index (χ4n) is 2.17. The van der Waals surface area contributed by atoms with Gasteiger partial charge in [0.1, 0.15) is 12.2 Å². The monoisotopic (exact) mass is 320 g/mol. The summed E-state index contributed by atoms with van der Waals surface area (Å²) in [4.78, 5) is 22.5. The highest BCUT2D eigenvalue weighted by atomic mass is 16.7. The first kappa shape index (κ1) is 18.8. The van der Waals surface area contributed by atoms with Crippen molar-refractivity contribution < 1.29 is 38.7 Å². The number of hydrogen-bond donors (Lipinski definition) is 2. The number of hydrogen-bond acceptors (Lipinski definition) is 8. The average molecular weight is 320 g/mol. The van der Waals surface area contributed by atoms with Gasteiger partial charge in [-0.1, -0.05) is 13.3 Å². The average Bonchev–Trinajstić information content (AvgIpc) is 2.44. The summed E-state index contributed by atoms with van der Waals surface area (Å²) in [6.07, 6.45) is -3.92. The molecule has 0 spiro atoms. The molecule has 8 heteroatoms. The SMILES string of the molecule is CCCCO[C@@H]1[C@@H](OC(C)=O)O[C@H](CO)[C@@H](O)[C@@H]1OC(C)=O. The summed E-state index contributed by atoms with van der Waals surface area (Å²) in [6, 6.07) is 0. The molecule has 0 aromatic heterocycles. The highest BCUT2D eigenvalue weighted by Crippen LogP contribution is 2.27. The lowest BCUT2D eigenvalue weighted by Gasteiger charge is -2.42. The lowest BCUT2D eigenvalue weighted by Crippen LogP contribution is -2.61. The fraction of sp³-hybridized carbons (Fsp3) is 0.857. The molecule has 1 fully saturated rings. The molecule has 1 heterocycles. The van der Waals surface area contributed by atoms with E-state index in [9.17, 15) is 19.8 Å². The normalized spacial score (nSPS) is 31.6. The van der Waals surface area contributed by atoms with Crippen molar-refractivity contribution in [3.05, 3.63) is 0 Å². The predicted molar refractivity (Wildman–Crippen MR) is 73.7 cm³/mol. The third kappa shape index (κ3) is 5.20. The van der Waals surface area contributed by atoms with Crippen molar-refractivity contribution in [3.8, 4) is 0 Å². The maximum absolute atomic E-state index is 11.3. The topological polar surface area (TPSA) is 112 Å². The van der Waals surface area contributed by atoms with Gasteiger partial charge >= 0.3 is 11.9 Å². The van der Waals surface area contributed by atoms with Crippen LogP contribution in [0.1, 0.15) is 33.6 Å². The molecule has 0 radical (unpaired) electrons. The van der Waals surface area contributed by atoms with Crippen LogP contribution in [0.5, 0.6) is 0 Å². The number of aliphatic hydroxyl groups is 2. The van der Waals surface area contributed by atoms with Crippen LogP contribution in [0, 0.1) is 0 Å². The molecular formula is C14H24O8. The molecule has 0 unspecified atom stereocenters. The molecule has 0 bridgehead atoms. The van der Waals surface area contributed by atoms with Crippen molar-refractivity contribution in [2.24, 2.45) is 0 Å². The summed E-state index contributed by atoms with van der Waals surface area (Å²) in [5, 5.41) is 19.4. The smallest absolute Gasteiger partial charge is 0.305 e. The predicted octanol–water partition coefficient (Wildman–Crippen LogP) is -0.255. The Hall–Kier alpha value is -1.22.